The Hall–Kier alpha value is -1.56. The van der Waals surface area contributed by atoms with Crippen LogP contribution in [0.5, 0.6) is 0 Å². The topological polar surface area (TPSA) is 75.4 Å². The lowest BCUT2D eigenvalue weighted by Crippen LogP contribution is -2.58. The summed E-state index contributed by atoms with van der Waals surface area (Å²) in [6.45, 7) is 0.659. The van der Waals surface area contributed by atoms with Gasteiger partial charge in [-0.05, 0) is 31.0 Å². The maximum atomic E-state index is 12.5. The van der Waals surface area contributed by atoms with E-state index in [1.807, 2.05) is 12.1 Å². The van der Waals surface area contributed by atoms with Gasteiger partial charge >= 0.3 is 0 Å². The molecule has 3 rings (SSSR count). The highest BCUT2D eigenvalue weighted by Crippen LogP contribution is 2.34. The Kier molecular flexibility index (Phi) is 2.97. The Morgan fingerprint density at radius 1 is 1.47 bits per heavy atom. The van der Waals surface area contributed by atoms with Crippen molar-refractivity contribution in [1.29, 1.82) is 0 Å². The van der Waals surface area contributed by atoms with Crippen molar-refractivity contribution in [2.24, 2.45) is 11.7 Å². The monoisotopic (exact) mass is 323 g/mol. The molecule has 0 bridgehead atoms. The van der Waals surface area contributed by atoms with Gasteiger partial charge in [-0.15, -0.1) is 0 Å². The normalized spacial score (nSPS) is 25.3. The van der Waals surface area contributed by atoms with Crippen LogP contribution in [0.4, 0.5) is 5.69 Å². The number of carbonyl (C=O) groups excluding carboxylic acids is 2. The zero-order chi connectivity index (χ0) is 13.6. The molecule has 0 aromatic heterocycles. The molecule has 3 N–H and O–H groups in total. The number of primary amides is 1. The second-order valence-corrected chi connectivity index (χ2v) is 5.84. The van der Waals surface area contributed by atoms with Crippen LogP contribution in [0.1, 0.15) is 23.2 Å². The second kappa shape index (κ2) is 4.52. The molecular weight excluding hydrogens is 310 g/mol. The maximum Gasteiger partial charge on any atom is 0.257 e. The predicted octanol–water partition coefficient (Wildman–Crippen LogP) is 1.54. The number of piperidine rings is 1. The van der Waals surface area contributed by atoms with Gasteiger partial charge in [-0.1, -0.05) is 15.9 Å². The zero-order valence-corrected chi connectivity index (χ0v) is 11.8. The minimum absolute atomic E-state index is 0.0361. The smallest absolute Gasteiger partial charge is 0.257 e. The van der Waals surface area contributed by atoms with E-state index in [0.29, 0.717) is 12.1 Å². The summed E-state index contributed by atoms with van der Waals surface area (Å²) >= 11 is 3.37. The molecule has 0 aliphatic carbocycles. The van der Waals surface area contributed by atoms with Crippen LogP contribution in [0.3, 0.4) is 0 Å². The standard InChI is InChI=1S/C13H14BrN3O2/c14-7-3-4-10-9(6-7)13(19)17-5-1-2-8(11(15)18)12(17)16-10/h3-4,6,8,12,16H,1-2,5H2,(H2,15,18)/t8-,12+/m0/s1. The third-order valence-electron chi connectivity index (χ3n) is 3.77. The van der Waals surface area contributed by atoms with E-state index in [9.17, 15) is 9.59 Å². The largest absolute Gasteiger partial charge is 0.369 e. The SMILES string of the molecule is NC(=O)[C@@H]1CCCN2C(=O)c3cc(Br)ccc3N[C@@H]12. The van der Waals surface area contributed by atoms with Gasteiger partial charge in [-0.2, -0.15) is 0 Å². The Labute approximate surface area is 119 Å². The highest BCUT2D eigenvalue weighted by Gasteiger charge is 2.41. The number of carbonyl (C=O) groups is 2. The van der Waals surface area contributed by atoms with E-state index >= 15 is 0 Å². The van der Waals surface area contributed by atoms with E-state index in [4.69, 9.17) is 5.73 Å². The number of hydrogen-bond acceptors (Lipinski definition) is 3. The highest BCUT2D eigenvalue weighted by molar-refractivity contribution is 9.10. The number of hydrogen-bond donors (Lipinski definition) is 2. The first-order valence-corrected chi connectivity index (χ1v) is 7.03. The molecule has 2 aliphatic rings. The number of amides is 2. The van der Waals surface area contributed by atoms with Crippen molar-refractivity contribution in [3.8, 4) is 0 Å². The molecule has 1 aromatic rings. The molecule has 100 valence electrons. The molecule has 0 saturated carbocycles. The first kappa shape index (κ1) is 12.5. The first-order valence-electron chi connectivity index (χ1n) is 6.24. The molecular formula is C13H14BrN3O2. The van der Waals surface area contributed by atoms with Gasteiger partial charge in [-0.25, -0.2) is 0 Å². The number of benzene rings is 1. The molecule has 19 heavy (non-hydrogen) atoms. The van der Waals surface area contributed by atoms with Gasteiger partial charge in [-0.3, -0.25) is 9.59 Å². The van der Waals surface area contributed by atoms with E-state index < -0.39 is 0 Å². The van der Waals surface area contributed by atoms with Crippen LogP contribution in [0.15, 0.2) is 22.7 Å². The number of rotatable bonds is 1. The van der Waals surface area contributed by atoms with Gasteiger partial charge in [0.15, 0.2) is 0 Å². The number of anilines is 1. The quantitative estimate of drug-likeness (QED) is 0.823. The summed E-state index contributed by atoms with van der Waals surface area (Å²) in [4.78, 5) is 25.7. The summed E-state index contributed by atoms with van der Waals surface area (Å²) in [6.07, 6.45) is 1.22. The number of fused-ring (bicyclic) bond motifs is 2. The zero-order valence-electron chi connectivity index (χ0n) is 10.2. The predicted molar refractivity (Wildman–Crippen MR) is 74.5 cm³/mol. The third kappa shape index (κ3) is 2.00. The lowest BCUT2D eigenvalue weighted by molar-refractivity contribution is -0.124. The number of nitrogens with one attached hydrogen (secondary N) is 1. The van der Waals surface area contributed by atoms with Gasteiger partial charge in [0.1, 0.15) is 6.17 Å². The fraction of sp³-hybridized carbons (Fsp3) is 0.385. The van der Waals surface area contributed by atoms with Crippen LogP contribution in [-0.4, -0.2) is 29.4 Å². The lowest BCUT2D eigenvalue weighted by Gasteiger charge is -2.44. The Morgan fingerprint density at radius 3 is 3.00 bits per heavy atom. The molecule has 0 unspecified atom stereocenters. The van der Waals surface area contributed by atoms with Crippen LogP contribution in [0, 0.1) is 5.92 Å². The third-order valence-corrected chi connectivity index (χ3v) is 4.27. The number of nitrogens with two attached hydrogens (primary N) is 1. The van der Waals surface area contributed by atoms with E-state index in [2.05, 4.69) is 21.2 Å². The fourth-order valence-electron chi connectivity index (χ4n) is 2.83. The van der Waals surface area contributed by atoms with Crippen molar-refractivity contribution in [2.45, 2.75) is 19.0 Å². The molecule has 1 saturated heterocycles. The van der Waals surface area contributed by atoms with Crippen LogP contribution < -0.4 is 11.1 Å². The van der Waals surface area contributed by atoms with Crippen molar-refractivity contribution >= 4 is 33.4 Å². The molecule has 2 atom stereocenters. The Bertz CT molecular complexity index is 561. The lowest BCUT2D eigenvalue weighted by atomic mass is 9.90. The Balaban J connectivity index is 2.02. The molecule has 0 radical (unpaired) electrons. The summed E-state index contributed by atoms with van der Waals surface area (Å²) in [7, 11) is 0. The molecule has 5 nitrogen and oxygen atoms in total. The van der Waals surface area contributed by atoms with Crippen molar-refractivity contribution in [3.05, 3.63) is 28.2 Å². The van der Waals surface area contributed by atoms with Gasteiger partial charge < -0.3 is 16.0 Å². The molecule has 1 fully saturated rings. The summed E-state index contributed by atoms with van der Waals surface area (Å²) in [5.41, 5.74) is 6.84. The molecule has 6 heteroatoms. The number of halogens is 1. The van der Waals surface area contributed by atoms with Gasteiger partial charge in [0.25, 0.3) is 5.91 Å². The van der Waals surface area contributed by atoms with Crippen molar-refractivity contribution in [1.82, 2.24) is 4.90 Å². The van der Waals surface area contributed by atoms with E-state index in [1.165, 1.54) is 0 Å². The van der Waals surface area contributed by atoms with Crippen molar-refractivity contribution in [3.63, 3.8) is 0 Å². The van der Waals surface area contributed by atoms with E-state index in [1.54, 1.807) is 11.0 Å². The van der Waals surface area contributed by atoms with Crippen LogP contribution in [-0.2, 0) is 4.79 Å². The van der Waals surface area contributed by atoms with Gasteiger partial charge in [0, 0.05) is 16.7 Å². The van der Waals surface area contributed by atoms with E-state index in [-0.39, 0.29) is 23.9 Å². The van der Waals surface area contributed by atoms with Crippen molar-refractivity contribution in [2.75, 3.05) is 11.9 Å². The molecule has 2 amide bonds. The molecule has 1 aromatic carbocycles. The van der Waals surface area contributed by atoms with Crippen LogP contribution >= 0.6 is 15.9 Å². The Morgan fingerprint density at radius 2 is 2.26 bits per heavy atom. The van der Waals surface area contributed by atoms with Gasteiger partial charge in [0.05, 0.1) is 11.5 Å². The average Bonchev–Trinajstić information content (AvgIpc) is 2.39. The summed E-state index contributed by atoms with van der Waals surface area (Å²) in [5, 5.41) is 3.27. The number of nitrogens with zero attached hydrogens (tertiary/aromatic N) is 1. The van der Waals surface area contributed by atoms with Crippen molar-refractivity contribution < 1.29 is 9.59 Å². The molecule has 2 aliphatic heterocycles. The summed E-state index contributed by atoms with van der Waals surface area (Å²) in [5.74, 6) is -0.712. The second-order valence-electron chi connectivity index (χ2n) is 4.93. The summed E-state index contributed by atoms with van der Waals surface area (Å²) < 4.78 is 0.864. The van der Waals surface area contributed by atoms with E-state index in [0.717, 1.165) is 23.0 Å². The summed E-state index contributed by atoms with van der Waals surface area (Å²) in [6, 6.07) is 5.52. The minimum atomic E-state index is -0.351. The highest BCUT2D eigenvalue weighted by atomic mass is 79.9. The van der Waals surface area contributed by atoms with Crippen LogP contribution in [0.25, 0.3) is 0 Å². The molecule has 2 heterocycles. The minimum Gasteiger partial charge on any atom is -0.369 e. The fourth-order valence-corrected chi connectivity index (χ4v) is 3.19. The maximum absolute atomic E-state index is 12.5. The average molecular weight is 324 g/mol. The van der Waals surface area contributed by atoms with Gasteiger partial charge in [0.2, 0.25) is 5.91 Å². The van der Waals surface area contributed by atoms with Crippen LogP contribution in [0.2, 0.25) is 0 Å². The first-order chi connectivity index (χ1) is 9.08. The molecule has 0 spiro atoms.